The highest BCUT2D eigenvalue weighted by atomic mass is 35.5. The predicted molar refractivity (Wildman–Crippen MR) is 104 cm³/mol. The largest absolute Gasteiger partial charge is 0.273 e. The molecule has 0 aliphatic carbocycles. The first-order chi connectivity index (χ1) is 12.7. The van der Waals surface area contributed by atoms with E-state index in [0.717, 1.165) is 31.2 Å². The predicted octanol–water partition coefficient (Wildman–Crippen LogP) is 2.72. The van der Waals surface area contributed by atoms with Crippen molar-refractivity contribution in [1.82, 2.24) is 0 Å². The van der Waals surface area contributed by atoms with E-state index in [-0.39, 0.29) is 5.82 Å². The van der Waals surface area contributed by atoms with Gasteiger partial charge in [0.25, 0.3) is 0 Å². The molecule has 5 heteroatoms. The average molecular weight is 389 g/mol. The molecule has 2 nitrogen and oxygen atoms in total. The molecule has 1 aromatic heterocycles. The second kappa shape index (κ2) is 7.89. The van der Waals surface area contributed by atoms with Gasteiger partial charge in [-0.25, -0.2) is 4.39 Å². The van der Waals surface area contributed by atoms with E-state index in [1.165, 1.54) is 16.0 Å². The molecule has 134 valence electrons. The average Bonchev–Trinajstić information content (AvgIpc) is 3.29. The van der Waals surface area contributed by atoms with Gasteiger partial charge in [-0.1, -0.05) is 41.9 Å². The molecule has 3 aromatic rings. The highest BCUT2D eigenvalue weighted by Crippen LogP contribution is 2.15. The van der Waals surface area contributed by atoms with Gasteiger partial charge in [0.2, 0.25) is 6.17 Å². The van der Waals surface area contributed by atoms with Crippen molar-refractivity contribution >= 4 is 22.9 Å². The second-order valence-electron chi connectivity index (χ2n) is 6.87. The number of thiophene rings is 1. The van der Waals surface area contributed by atoms with E-state index < -0.39 is 0 Å². The summed E-state index contributed by atoms with van der Waals surface area (Å²) in [7, 11) is 0. The third kappa shape index (κ3) is 3.99. The van der Waals surface area contributed by atoms with Gasteiger partial charge in [-0.15, -0.1) is 11.3 Å². The van der Waals surface area contributed by atoms with Crippen LogP contribution in [0.1, 0.15) is 22.2 Å². The summed E-state index contributed by atoms with van der Waals surface area (Å²) in [5.74, 6) is -0.171. The zero-order valence-electron chi connectivity index (χ0n) is 14.4. The molecule has 3 atom stereocenters. The second-order valence-corrected chi connectivity index (χ2v) is 8.29. The zero-order chi connectivity index (χ0) is 17.9. The maximum absolute atomic E-state index is 13.2. The number of rotatable bonds is 5. The molecule has 1 saturated heterocycles. The number of quaternary nitrogens is 2. The van der Waals surface area contributed by atoms with Crippen LogP contribution >= 0.6 is 22.9 Å². The van der Waals surface area contributed by atoms with Crippen LogP contribution in [-0.4, -0.2) is 13.1 Å². The molecular weight excluding hydrogens is 367 g/mol. The van der Waals surface area contributed by atoms with E-state index >= 15 is 0 Å². The minimum atomic E-state index is -0.171. The molecule has 4 rings (SSSR count). The van der Waals surface area contributed by atoms with Crippen molar-refractivity contribution in [3.8, 4) is 0 Å². The standard InChI is InChI=1S/C21H20ClFN2S/c22-18-7-3-16(4-8-18)14-24-11-12-25(21(24)20-2-1-13-26-20)15-17-5-9-19(23)10-6-17/h1-10,13,21H,11-12,14-15H2/p+2. The lowest BCUT2D eigenvalue weighted by atomic mass is 10.2. The quantitative estimate of drug-likeness (QED) is 0.665. The summed E-state index contributed by atoms with van der Waals surface area (Å²) in [6, 6.07) is 19.5. The van der Waals surface area contributed by atoms with Crippen LogP contribution in [0.5, 0.6) is 0 Å². The molecule has 1 aliphatic heterocycles. The summed E-state index contributed by atoms with van der Waals surface area (Å²) in [6.45, 7) is 4.16. The Labute approximate surface area is 162 Å². The number of nitrogens with one attached hydrogen (secondary N) is 2. The number of benzene rings is 2. The molecule has 2 heterocycles. The van der Waals surface area contributed by atoms with Gasteiger partial charge in [0, 0.05) is 16.1 Å². The van der Waals surface area contributed by atoms with E-state index in [1.54, 1.807) is 21.9 Å². The fourth-order valence-corrected chi connectivity index (χ4v) is 4.93. The smallest absolute Gasteiger partial charge is 0.250 e. The van der Waals surface area contributed by atoms with Gasteiger partial charge in [-0.3, -0.25) is 9.80 Å². The molecule has 0 bridgehead atoms. The highest BCUT2D eigenvalue weighted by Gasteiger charge is 2.41. The Morgan fingerprint density at radius 3 is 2.00 bits per heavy atom. The van der Waals surface area contributed by atoms with Crippen LogP contribution in [0.15, 0.2) is 66.0 Å². The van der Waals surface area contributed by atoms with Crippen LogP contribution in [0, 0.1) is 5.82 Å². The van der Waals surface area contributed by atoms with Gasteiger partial charge in [-0.05, 0) is 35.7 Å². The Hall–Kier alpha value is -1.72. The molecular formula is C21H22ClFN2S+2. The van der Waals surface area contributed by atoms with E-state index in [1.807, 2.05) is 35.6 Å². The van der Waals surface area contributed by atoms with Crippen LogP contribution in [0.3, 0.4) is 0 Å². The van der Waals surface area contributed by atoms with Crippen molar-refractivity contribution in [1.29, 1.82) is 0 Å². The SMILES string of the molecule is Fc1ccc(C[NH+]2CC[NH+](Cc3ccc(Cl)cc3)C2c2cccs2)cc1. The molecule has 26 heavy (non-hydrogen) atoms. The summed E-state index contributed by atoms with van der Waals surface area (Å²) < 4.78 is 13.2. The van der Waals surface area contributed by atoms with E-state index in [0.29, 0.717) is 6.17 Å². The Kier molecular flexibility index (Phi) is 5.36. The van der Waals surface area contributed by atoms with Crippen molar-refractivity contribution in [2.75, 3.05) is 13.1 Å². The first-order valence-electron chi connectivity index (χ1n) is 8.90. The minimum Gasteiger partial charge on any atom is -0.273 e. The Balaban J connectivity index is 1.55. The van der Waals surface area contributed by atoms with Gasteiger partial charge in [-0.2, -0.15) is 0 Å². The molecule has 1 fully saturated rings. The van der Waals surface area contributed by atoms with Crippen molar-refractivity contribution in [2.24, 2.45) is 0 Å². The van der Waals surface area contributed by atoms with Crippen molar-refractivity contribution in [3.05, 3.63) is 92.9 Å². The molecule has 2 aromatic carbocycles. The van der Waals surface area contributed by atoms with E-state index in [2.05, 4.69) is 29.6 Å². The number of hydrogen-bond donors (Lipinski definition) is 2. The van der Waals surface area contributed by atoms with Crippen LogP contribution in [0.4, 0.5) is 4.39 Å². The lowest BCUT2D eigenvalue weighted by Gasteiger charge is -2.23. The van der Waals surface area contributed by atoms with E-state index in [4.69, 9.17) is 11.6 Å². The van der Waals surface area contributed by atoms with Gasteiger partial charge in [0.1, 0.15) is 36.9 Å². The highest BCUT2D eigenvalue weighted by molar-refractivity contribution is 7.09. The minimum absolute atomic E-state index is 0.171. The van der Waals surface area contributed by atoms with Crippen LogP contribution in [0.2, 0.25) is 5.02 Å². The summed E-state index contributed by atoms with van der Waals surface area (Å²) in [5.41, 5.74) is 2.50. The van der Waals surface area contributed by atoms with Gasteiger partial charge < -0.3 is 0 Å². The molecule has 2 N–H and O–H groups in total. The van der Waals surface area contributed by atoms with Crippen LogP contribution in [-0.2, 0) is 13.1 Å². The normalized spacial score (nSPS) is 22.6. The molecule has 0 spiro atoms. The Bertz CT molecular complexity index is 778. The van der Waals surface area contributed by atoms with Crippen molar-refractivity contribution < 1.29 is 14.2 Å². The van der Waals surface area contributed by atoms with Gasteiger partial charge in [0.05, 0.1) is 0 Å². The summed E-state index contributed by atoms with van der Waals surface area (Å²) >= 11 is 7.86. The summed E-state index contributed by atoms with van der Waals surface area (Å²) in [5, 5.41) is 2.94. The third-order valence-electron chi connectivity index (χ3n) is 5.10. The molecule has 3 unspecified atom stereocenters. The Morgan fingerprint density at radius 2 is 1.46 bits per heavy atom. The molecule has 1 aliphatic rings. The lowest BCUT2D eigenvalue weighted by molar-refractivity contribution is -1.09. The molecule has 0 saturated carbocycles. The van der Waals surface area contributed by atoms with Crippen molar-refractivity contribution in [3.63, 3.8) is 0 Å². The van der Waals surface area contributed by atoms with E-state index in [9.17, 15) is 4.39 Å². The van der Waals surface area contributed by atoms with Gasteiger partial charge >= 0.3 is 0 Å². The van der Waals surface area contributed by atoms with Crippen molar-refractivity contribution in [2.45, 2.75) is 19.3 Å². The molecule has 0 amide bonds. The third-order valence-corrected chi connectivity index (χ3v) is 6.29. The number of hydrogen-bond acceptors (Lipinski definition) is 1. The topological polar surface area (TPSA) is 8.88 Å². The van der Waals surface area contributed by atoms with Gasteiger partial charge in [0.15, 0.2) is 0 Å². The molecule has 0 radical (unpaired) electrons. The zero-order valence-corrected chi connectivity index (χ0v) is 16.0. The first-order valence-corrected chi connectivity index (χ1v) is 10.2. The maximum Gasteiger partial charge on any atom is 0.250 e. The first kappa shape index (κ1) is 17.7. The monoisotopic (exact) mass is 388 g/mol. The summed E-state index contributed by atoms with van der Waals surface area (Å²) in [6.07, 6.45) is 0.413. The van der Waals surface area contributed by atoms with Crippen LogP contribution in [0.25, 0.3) is 0 Å². The fourth-order valence-electron chi connectivity index (χ4n) is 3.87. The van der Waals surface area contributed by atoms with Crippen LogP contribution < -0.4 is 9.80 Å². The lowest BCUT2D eigenvalue weighted by Crippen LogP contribution is -3.22. The summed E-state index contributed by atoms with van der Waals surface area (Å²) in [4.78, 5) is 4.54. The Morgan fingerprint density at radius 1 is 0.885 bits per heavy atom. The maximum atomic E-state index is 13.2. The fraction of sp³-hybridized carbons (Fsp3) is 0.238. The number of halogens is 2.